The molecule has 0 atom stereocenters. The first kappa shape index (κ1) is 9.34. The Morgan fingerprint density at radius 2 is 1.86 bits per heavy atom. The molecule has 0 bridgehead atoms. The Labute approximate surface area is 81.4 Å². The Kier molecular flexibility index (Phi) is 2.59. The van der Waals surface area contributed by atoms with E-state index in [0.717, 1.165) is 12.1 Å². The van der Waals surface area contributed by atoms with Gasteiger partial charge in [0.05, 0.1) is 0 Å². The van der Waals surface area contributed by atoms with E-state index in [1.54, 1.807) is 0 Å². The van der Waals surface area contributed by atoms with E-state index < -0.39 is 11.6 Å². The third kappa shape index (κ3) is 1.68. The van der Waals surface area contributed by atoms with Crippen LogP contribution in [0, 0.1) is 11.6 Å². The first-order valence-electron chi connectivity index (χ1n) is 4.63. The monoisotopic (exact) mass is 195 g/mol. The molecule has 1 heterocycles. The number of halogens is 2. The molecule has 0 aliphatic carbocycles. The van der Waals surface area contributed by atoms with Gasteiger partial charge in [-0.2, -0.15) is 0 Å². The van der Waals surface area contributed by atoms with E-state index in [0.29, 0.717) is 13.0 Å². The van der Waals surface area contributed by atoms with Crippen LogP contribution in [0.1, 0.15) is 12.0 Å². The van der Waals surface area contributed by atoms with E-state index in [9.17, 15) is 8.78 Å². The molecule has 3 heteroatoms. The summed E-state index contributed by atoms with van der Waals surface area (Å²) in [5, 5.41) is 3.10. The molecule has 0 radical (unpaired) electrons. The van der Waals surface area contributed by atoms with Crippen LogP contribution in [0.2, 0.25) is 0 Å². The molecule has 74 valence electrons. The van der Waals surface area contributed by atoms with Gasteiger partial charge in [0.15, 0.2) is 0 Å². The lowest BCUT2D eigenvalue weighted by Crippen LogP contribution is -2.20. The minimum atomic E-state index is -0.474. The van der Waals surface area contributed by atoms with Crippen LogP contribution in [0.25, 0.3) is 5.57 Å². The van der Waals surface area contributed by atoms with Crippen LogP contribution in [0.4, 0.5) is 8.78 Å². The summed E-state index contributed by atoms with van der Waals surface area (Å²) in [6, 6.07) is 3.97. The minimum absolute atomic E-state index is 0.133. The van der Waals surface area contributed by atoms with E-state index in [1.807, 2.05) is 6.08 Å². The molecule has 2 rings (SSSR count). The largest absolute Gasteiger partial charge is 0.313 e. The predicted molar refractivity (Wildman–Crippen MR) is 51.8 cm³/mol. The van der Waals surface area contributed by atoms with Crippen LogP contribution in [-0.2, 0) is 0 Å². The molecule has 0 fully saturated rings. The van der Waals surface area contributed by atoms with Crippen molar-refractivity contribution >= 4 is 5.57 Å². The molecule has 0 spiro atoms. The first-order valence-corrected chi connectivity index (χ1v) is 4.63. The van der Waals surface area contributed by atoms with E-state index in [1.165, 1.54) is 18.2 Å². The van der Waals surface area contributed by atoms with Crippen molar-refractivity contribution in [2.24, 2.45) is 0 Å². The lowest BCUT2D eigenvalue weighted by atomic mass is 9.99. The fraction of sp³-hybridized carbons (Fsp3) is 0.273. The second-order valence-corrected chi connectivity index (χ2v) is 3.28. The van der Waals surface area contributed by atoms with E-state index in [-0.39, 0.29) is 5.56 Å². The molecule has 0 saturated heterocycles. The SMILES string of the molecule is Fc1cccc(F)c1C1=CCNCC1. The van der Waals surface area contributed by atoms with Gasteiger partial charge in [-0.1, -0.05) is 12.1 Å². The molecule has 1 aromatic carbocycles. The molecule has 0 amide bonds. The van der Waals surface area contributed by atoms with Crippen LogP contribution in [0.15, 0.2) is 24.3 Å². The number of nitrogens with one attached hydrogen (secondary N) is 1. The topological polar surface area (TPSA) is 12.0 Å². The van der Waals surface area contributed by atoms with Gasteiger partial charge in [-0.25, -0.2) is 8.78 Å². The average Bonchev–Trinajstić information content (AvgIpc) is 2.19. The predicted octanol–water partition coefficient (Wildman–Crippen LogP) is 2.34. The summed E-state index contributed by atoms with van der Waals surface area (Å²) >= 11 is 0. The third-order valence-electron chi connectivity index (χ3n) is 2.35. The standard InChI is InChI=1S/C11H11F2N/c12-9-2-1-3-10(13)11(9)8-4-6-14-7-5-8/h1-4,14H,5-7H2. The van der Waals surface area contributed by atoms with Gasteiger partial charge in [0, 0.05) is 12.1 Å². The molecule has 1 N–H and O–H groups in total. The average molecular weight is 195 g/mol. The molecule has 14 heavy (non-hydrogen) atoms. The van der Waals surface area contributed by atoms with Gasteiger partial charge >= 0.3 is 0 Å². The van der Waals surface area contributed by atoms with Gasteiger partial charge in [0.25, 0.3) is 0 Å². The zero-order valence-electron chi connectivity index (χ0n) is 7.69. The molecular weight excluding hydrogens is 184 g/mol. The number of hydrogen-bond donors (Lipinski definition) is 1. The molecule has 1 aliphatic rings. The summed E-state index contributed by atoms with van der Waals surface area (Å²) < 4.78 is 26.7. The van der Waals surface area contributed by atoms with E-state index >= 15 is 0 Å². The van der Waals surface area contributed by atoms with Crippen LogP contribution in [0.3, 0.4) is 0 Å². The highest BCUT2D eigenvalue weighted by molar-refractivity contribution is 5.67. The Hall–Kier alpha value is -1.22. The number of hydrogen-bond acceptors (Lipinski definition) is 1. The normalized spacial score (nSPS) is 16.6. The zero-order valence-corrected chi connectivity index (χ0v) is 7.69. The fourth-order valence-corrected chi connectivity index (χ4v) is 1.65. The van der Waals surface area contributed by atoms with Gasteiger partial charge < -0.3 is 5.32 Å². The smallest absolute Gasteiger partial charge is 0.133 e. The van der Waals surface area contributed by atoms with Crippen molar-refractivity contribution in [3.63, 3.8) is 0 Å². The lowest BCUT2D eigenvalue weighted by molar-refractivity contribution is 0.573. The highest BCUT2D eigenvalue weighted by Crippen LogP contribution is 2.25. The molecular formula is C11H11F2N. The summed E-state index contributed by atoms with van der Waals surface area (Å²) in [6.07, 6.45) is 2.52. The third-order valence-corrected chi connectivity index (χ3v) is 2.35. The van der Waals surface area contributed by atoms with Crippen molar-refractivity contribution in [1.29, 1.82) is 0 Å². The summed E-state index contributed by atoms with van der Waals surface area (Å²) in [5.41, 5.74) is 0.897. The van der Waals surface area contributed by atoms with Crippen molar-refractivity contribution in [3.8, 4) is 0 Å². The molecule has 0 unspecified atom stereocenters. The van der Waals surface area contributed by atoms with E-state index in [4.69, 9.17) is 0 Å². The maximum absolute atomic E-state index is 13.3. The van der Waals surface area contributed by atoms with Crippen molar-refractivity contribution in [1.82, 2.24) is 5.32 Å². The van der Waals surface area contributed by atoms with Gasteiger partial charge in [0.1, 0.15) is 11.6 Å². The summed E-state index contributed by atoms with van der Waals surface area (Å²) in [6.45, 7) is 1.46. The molecule has 1 aliphatic heterocycles. The van der Waals surface area contributed by atoms with Crippen molar-refractivity contribution in [2.75, 3.05) is 13.1 Å². The lowest BCUT2D eigenvalue weighted by Gasteiger charge is -2.15. The Balaban J connectivity index is 2.44. The van der Waals surface area contributed by atoms with Crippen LogP contribution >= 0.6 is 0 Å². The Morgan fingerprint density at radius 3 is 2.43 bits per heavy atom. The van der Waals surface area contributed by atoms with Gasteiger partial charge in [-0.3, -0.25) is 0 Å². The van der Waals surface area contributed by atoms with Crippen LogP contribution in [-0.4, -0.2) is 13.1 Å². The highest BCUT2D eigenvalue weighted by Gasteiger charge is 2.14. The number of benzene rings is 1. The van der Waals surface area contributed by atoms with Gasteiger partial charge in [-0.15, -0.1) is 0 Å². The van der Waals surface area contributed by atoms with Crippen LogP contribution < -0.4 is 5.32 Å². The maximum atomic E-state index is 13.3. The van der Waals surface area contributed by atoms with Crippen molar-refractivity contribution in [3.05, 3.63) is 41.5 Å². The van der Waals surface area contributed by atoms with Crippen LogP contribution in [0.5, 0.6) is 0 Å². The molecule has 1 nitrogen and oxygen atoms in total. The first-order chi connectivity index (χ1) is 6.79. The molecule has 0 aromatic heterocycles. The summed E-state index contributed by atoms with van der Waals surface area (Å²) in [4.78, 5) is 0. The Morgan fingerprint density at radius 1 is 1.14 bits per heavy atom. The second kappa shape index (κ2) is 3.88. The molecule has 0 saturated carbocycles. The Bertz CT molecular complexity index is 351. The van der Waals surface area contributed by atoms with Gasteiger partial charge in [0.2, 0.25) is 0 Å². The maximum Gasteiger partial charge on any atom is 0.133 e. The number of rotatable bonds is 1. The summed E-state index contributed by atoms with van der Waals surface area (Å²) in [5.74, 6) is -0.948. The highest BCUT2D eigenvalue weighted by atomic mass is 19.1. The molecule has 1 aromatic rings. The zero-order chi connectivity index (χ0) is 9.97. The summed E-state index contributed by atoms with van der Waals surface area (Å²) in [7, 11) is 0. The van der Waals surface area contributed by atoms with Crippen molar-refractivity contribution in [2.45, 2.75) is 6.42 Å². The van der Waals surface area contributed by atoms with Gasteiger partial charge in [-0.05, 0) is 30.7 Å². The fourth-order valence-electron chi connectivity index (χ4n) is 1.65. The quantitative estimate of drug-likeness (QED) is 0.725. The second-order valence-electron chi connectivity index (χ2n) is 3.28. The minimum Gasteiger partial charge on any atom is -0.313 e. The van der Waals surface area contributed by atoms with Crippen molar-refractivity contribution < 1.29 is 8.78 Å². The van der Waals surface area contributed by atoms with E-state index in [2.05, 4.69) is 5.32 Å².